The lowest BCUT2D eigenvalue weighted by Gasteiger charge is -2.14. The van der Waals surface area contributed by atoms with E-state index < -0.39 is 0 Å². The molecule has 0 bridgehead atoms. The van der Waals surface area contributed by atoms with Crippen LogP contribution in [0.2, 0.25) is 10.0 Å². The van der Waals surface area contributed by atoms with Gasteiger partial charge < -0.3 is 4.74 Å². The molecule has 0 saturated heterocycles. The van der Waals surface area contributed by atoms with Crippen LogP contribution >= 0.6 is 71.0 Å². The highest BCUT2D eigenvalue weighted by Crippen LogP contribution is 2.35. The number of ether oxygens (including phenoxy) is 1. The summed E-state index contributed by atoms with van der Waals surface area (Å²) in [6.07, 6.45) is 2.46. The Balaban J connectivity index is 1.66. The fourth-order valence-corrected chi connectivity index (χ4v) is 5.61. The lowest BCUT2D eigenvalue weighted by Crippen LogP contribution is -2.23. The predicted molar refractivity (Wildman–Crippen MR) is 158 cm³/mol. The van der Waals surface area contributed by atoms with Crippen molar-refractivity contribution < 1.29 is 4.74 Å². The minimum atomic E-state index is -0.215. The molecule has 0 aliphatic rings. The maximum absolute atomic E-state index is 13.3. The van der Waals surface area contributed by atoms with Crippen LogP contribution in [0.25, 0.3) is 10.9 Å². The van der Waals surface area contributed by atoms with Gasteiger partial charge in [0.1, 0.15) is 18.2 Å². The summed E-state index contributed by atoms with van der Waals surface area (Å²) >= 11 is 22.7. The first-order chi connectivity index (χ1) is 17.2. The fraction of sp³-hybridized carbons (Fsp3) is 0.192. The summed E-state index contributed by atoms with van der Waals surface area (Å²) in [5.74, 6) is 1.31. The number of benzene rings is 3. The summed E-state index contributed by atoms with van der Waals surface area (Å²) in [6.45, 7) is 4.40. The smallest absolute Gasteiger partial charge is 0.282 e. The third kappa shape index (κ3) is 6.05. The molecule has 1 heterocycles. The quantitative estimate of drug-likeness (QED) is 0.180. The minimum Gasteiger partial charge on any atom is -0.487 e. The largest absolute Gasteiger partial charge is 0.487 e. The minimum absolute atomic E-state index is 0.0542. The number of nitrogens with zero attached hydrogens (tertiary/aromatic N) is 3. The van der Waals surface area contributed by atoms with Gasteiger partial charge in [0.05, 0.1) is 36.1 Å². The van der Waals surface area contributed by atoms with Gasteiger partial charge in [-0.3, -0.25) is 4.79 Å². The van der Waals surface area contributed by atoms with Crippen LogP contribution in [0.1, 0.15) is 43.1 Å². The summed E-state index contributed by atoms with van der Waals surface area (Å²) < 4.78 is 9.66. The van der Waals surface area contributed by atoms with Crippen LogP contribution in [0.3, 0.4) is 0 Å². The summed E-state index contributed by atoms with van der Waals surface area (Å²) in [6, 6.07) is 14.6. The lowest BCUT2D eigenvalue weighted by atomic mass is 10.1. The highest BCUT2D eigenvalue weighted by atomic mass is 79.9. The van der Waals surface area contributed by atoms with Crippen molar-refractivity contribution in [2.24, 2.45) is 5.10 Å². The van der Waals surface area contributed by atoms with Gasteiger partial charge in [-0.15, -0.1) is 0 Å². The standard InChI is InChI=1S/C26H20Br3Cl2N3O2/c1-3-14(2)25-33-23-7-5-17(27)11-18(23)26(35)34(25)32-12-16-8-19(28)24(20(29)9-16)36-13-15-4-6-21(30)22(31)10-15/h4-12,14H,3,13H2,1-2H3/t14-/m0/s1. The van der Waals surface area contributed by atoms with Gasteiger partial charge in [-0.2, -0.15) is 9.78 Å². The average Bonchev–Trinajstić information content (AvgIpc) is 2.84. The number of hydrogen-bond acceptors (Lipinski definition) is 4. The van der Waals surface area contributed by atoms with Crippen molar-refractivity contribution in [2.75, 3.05) is 0 Å². The molecule has 10 heteroatoms. The zero-order chi connectivity index (χ0) is 26.0. The normalized spacial score (nSPS) is 12.4. The Kier molecular flexibility index (Phi) is 8.94. The average molecular weight is 717 g/mol. The van der Waals surface area contributed by atoms with Crippen LogP contribution in [-0.2, 0) is 6.61 Å². The van der Waals surface area contributed by atoms with E-state index in [4.69, 9.17) is 32.9 Å². The number of hydrogen-bond donors (Lipinski definition) is 0. The van der Waals surface area contributed by atoms with E-state index in [0.717, 1.165) is 31.0 Å². The van der Waals surface area contributed by atoms with Crippen LogP contribution in [0.5, 0.6) is 5.75 Å². The molecule has 0 spiro atoms. The topological polar surface area (TPSA) is 56.5 Å². The Hall–Kier alpha value is -1.71. The van der Waals surface area contributed by atoms with Crippen molar-refractivity contribution in [3.8, 4) is 5.75 Å². The maximum Gasteiger partial charge on any atom is 0.282 e. The van der Waals surface area contributed by atoms with E-state index >= 15 is 0 Å². The molecule has 1 atom stereocenters. The van der Waals surface area contributed by atoms with Gasteiger partial charge >= 0.3 is 0 Å². The number of rotatable bonds is 7. The second-order valence-corrected chi connectivity index (χ2v) is 11.6. The van der Waals surface area contributed by atoms with Gasteiger partial charge in [0, 0.05) is 10.4 Å². The monoisotopic (exact) mass is 713 g/mol. The van der Waals surface area contributed by atoms with Crippen molar-refractivity contribution in [3.05, 3.63) is 99.3 Å². The molecule has 0 unspecified atom stereocenters. The zero-order valence-electron chi connectivity index (χ0n) is 19.2. The Morgan fingerprint density at radius 2 is 1.78 bits per heavy atom. The summed E-state index contributed by atoms with van der Waals surface area (Å²) in [4.78, 5) is 18.1. The molecule has 0 amide bonds. The van der Waals surface area contributed by atoms with Crippen molar-refractivity contribution in [1.29, 1.82) is 0 Å². The van der Waals surface area contributed by atoms with Gasteiger partial charge in [-0.25, -0.2) is 4.98 Å². The van der Waals surface area contributed by atoms with Crippen molar-refractivity contribution in [3.63, 3.8) is 0 Å². The molecule has 0 saturated carbocycles. The van der Waals surface area contributed by atoms with E-state index in [2.05, 4.69) is 59.8 Å². The van der Waals surface area contributed by atoms with Crippen molar-refractivity contribution >= 4 is 88.1 Å². The molecule has 36 heavy (non-hydrogen) atoms. The van der Waals surface area contributed by atoms with Crippen LogP contribution in [-0.4, -0.2) is 15.9 Å². The molecule has 0 aliphatic heterocycles. The van der Waals surface area contributed by atoms with E-state index in [1.807, 2.05) is 37.3 Å². The maximum atomic E-state index is 13.3. The highest BCUT2D eigenvalue weighted by molar-refractivity contribution is 9.11. The summed E-state index contributed by atoms with van der Waals surface area (Å²) in [5, 5.41) is 6.02. The number of fused-ring (bicyclic) bond motifs is 1. The van der Waals surface area contributed by atoms with Crippen molar-refractivity contribution in [1.82, 2.24) is 9.66 Å². The molecule has 4 rings (SSSR count). The first-order valence-corrected chi connectivity index (χ1v) is 14.1. The molecule has 1 aromatic heterocycles. The van der Waals surface area contributed by atoms with Crippen molar-refractivity contribution in [2.45, 2.75) is 32.8 Å². The fourth-order valence-electron chi connectivity index (χ4n) is 3.48. The molecular weight excluding hydrogens is 697 g/mol. The van der Waals surface area contributed by atoms with Crippen LogP contribution in [0.15, 0.2) is 71.8 Å². The van der Waals surface area contributed by atoms with Crippen LogP contribution in [0, 0.1) is 0 Å². The molecule has 0 radical (unpaired) electrons. The predicted octanol–water partition coefficient (Wildman–Crippen LogP) is 8.97. The molecule has 0 aliphatic carbocycles. The Labute approximate surface area is 243 Å². The molecule has 4 aromatic rings. The van der Waals surface area contributed by atoms with Gasteiger partial charge in [0.2, 0.25) is 0 Å². The highest BCUT2D eigenvalue weighted by Gasteiger charge is 2.16. The molecule has 186 valence electrons. The molecular formula is C26H20Br3Cl2N3O2. The van der Waals surface area contributed by atoms with Gasteiger partial charge in [-0.05, 0) is 91.9 Å². The Bertz CT molecular complexity index is 1520. The zero-order valence-corrected chi connectivity index (χ0v) is 25.5. The van der Waals surface area contributed by atoms with Gasteiger partial charge in [-0.1, -0.05) is 59.0 Å². The number of aromatic nitrogens is 2. The summed E-state index contributed by atoms with van der Waals surface area (Å²) in [7, 11) is 0. The molecule has 3 aromatic carbocycles. The number of halogens is 5. The van der Waals surface area contributed by atoms with Crippen LogP contribution in [0.4, 0.5) is 0 Å². The molecule has 0 N–H and O–H groups in total. The lowest BCUT2D eigenvalue weighted by molar-refractivity contribution is 0.302. The van der Waals surface area contributed by atoms with E-state index in [1.165, 1.54) is 4.68 Å². The third-order valence-electron chi connectivity index (χ3n) is 5.60. The van der Waals surface area contributed by atoms with E-state index in [-0.39, 0.29) is 11.5 Å². The van der Waals surface area contributed by atoms with E-state index in [0.29, 0.717) is 39.1 Å². The molecule has 0 fully saturated rings. The first-order valence-electron chi connectivity index (χ1n) is 11.0. The Morgan fingerprint density at radius 1 is 1.06 bits per heavy atom. The summed E-state index contributed by atoms with van der Waals surface area (Å²) in [5.41, 5.74) is 2.10. The third-order valence-corrected chi connectivity index (χ3v) is 8.01. The van der Waals surface area contributed by atoms with E-state index in [1.54, 1.807) is 24.4 Å². The first kappa shape index (κ1) is 27.3. The second-order valence-electron chi connectivity index (χ2n) is 8.15. The van der Waals surface area contributed by atoms with Crippen LogP contribution < -0.4 is 10.3 Å². The van der Waals surface area contributed by atoms with E-state index in [9.17, 15) is 4.79 Å². The van der Waals surface area contributed by atoms with Gasteiger partial charge in [0.15, 0.2) is 0 Å². The molecule has 5 nitrogen and oxygen atoms in total. The Morgan fingerprint density at radius 3 is 2.44 bits per heavy atom. The SMILES string of the molecule is CC[C@H](C)c1nc2ccc(Br)cc2c(=O)n1N=Cc1cc(Br)c(OCc2ccc(Cl)c(Cl)c2)c(Br)c1. The second kappa shape index (κ2) is 11.8. The van der Waals surface area contributed by atoms with Gasteiger partial charge in [0.25, 0.3) is 5.56 Å².